The van der Waals surface area contributed by atoms with Crippen molar-refractivity contribution in [2.24, 2.45) is 11.8 Å². The zero-order valence-corrected chi connectivity index (χ0v) is 15.5. The normalized spacial score (nSPS) is 20.4. The van der Waals surface area contributed by atoms with E-state index in [4.69, 9.17) is 5.26 Å². The Bertz CT molecular complexity index is 568. The summed E-state index contributed by atoms with van der Waals surface area (Å²) in [6, 6.07) is 3.92. The van der Waals surface area contributed by atoms with Gasteiger partial charge in [0, 0.05) is 0 Å². The standard InChI is InChI=1S/C22H31F2N/c1-2-3-4-5-6-7-17-8-10-18(11-9-17)12-13-19-14-22(24)20(16-25)15-21(19)23/h14-15,17-18H,2-13H2,1H3. The second-order valence-corrected chi connectivity index (χ2v) is 7.66. The van der Waals surface area contributed by atoms with Gasteiger partial charge in [0.2, 0.25) is 0 Å². The number of halogens is 2. The molecule has 1 aromatic carbocycles. The highest BCUT2D eigenvalue weighted by molar-refractivity contribution is 5.34. The van der Waals surface area contributed by atoms with Crippen molar-refractivity contribution >= 4 is 0 Å². The van der Waals surface area contributed by atoms with E-state index >= 15 is 0 Å². The summed E-state index contributed by atoms with van der Waals surface area (Å²) < 4.78 is 27.6. The van der Waals surface area contributed by atoms with Crippen molar-refractivity contribution in [1.82, 2.24) is 0 Å². The van der Waals surface area contributed by atoms with E-state index in [1.807, 2.05) is 0 Å². The first-order valence-corrected chi connectivity index (χ1v) is 10.0. The van der Waals surface area contributed by atoms with Crippen LogP contribution in [-0.4, -0.2) is 0 Å². The molecule has 0 aliphatic heterocycles. The van der Waals surface area contributed by atoms with Crippen molar-refractivity contribution in [3.05, 3.63) is 34.9 Å². The number of rotatable bonds is 9. The van der Waals surface area contributed by atoms with Crippen molar-refractivity contribution in [1.29, 1.82) is 5.26 Å². The van der Waals surface area contributed by atoms with Gasteiger partial charge in [-0.15, -0.1) is 0 Å². The lowest BCUT2D eigenvalue weighted by Gasteiger charge is -2.28. The van der Waals surface area contributed by atoms with E-state index in [-0.39, 0.29) is 5.56 Å². The molecule has 0 atom stereocenters. The SMILES string of the molecule is CCCCCCCC1CCC(CCc2cc(F)c(C#N)cc2F)CC1. The van der Waals surface area contributed by atoms with E-state index in [2.05, 4.69) is 6.92 Å². The van der Waals surface area contributed by atoms with E-state index in [1.165, 1.54) is 70.3 Å². The van der Waals surface area contributed by atoms with Crippen LogP contribution in [0, 0.1) is 34.8 Å². The molecule has 0 aromatic heterocycles. The highest BCUT2D eigenvalue weighted by Gasteiger charge is 2.21. The van der Waals surface area contributed by atoms with Gasteiger partial charge in [0.25, 0.3) is 0 Å². The van der Waals surface area contributed by atoms with Gasteiger partial charge >= 0.3 is 0 Å². The minimum absolute atomic E-state index is 0.208. The minimum atomic E-state index is -0.606. The predicted molar refractivity (Wildman–Crippen MR) is 98.2 cm³/mol. The molecule has 1 nitrogen and oxygen atoms in total. The lowest BCUT2D eigenvalue weighted by atomic mass is 9.77. The fourth-order valence-electron chi connectivity index (χ4n) is 4.07. The fourth-order valence-corrected chi connectivity index (χ4v) is 4.07. The van der Waals surface area contributed by atoms with Crippen LogP contribution in [0.4, 0.5) is 8.78 Å². The van der Waals surface area contributed by atoms with Gasteiger partial charge in [-0.3, -0.25) is 0 Å². The Labute approximate surface area is 151 Å². The fraction of sp³-hybridized carbons (Fsp3) is 0.682. The maximum absolute atomic E-state index is 13.9. The van der Waals surface area contributed by atoms with Gasteiger partial charge < -0.3 is 0 Å². The van der Waals surface area contributed by atoms with Crippen LogP contribution < -0.4 is 0 Å². The Balaban J connectivity index is 1.69. The molecule has 0 unspecified atom stereocenters. The van der Waals surface area contributed by atoms with Crippen molar-refractivity contribution in [3.8, 4) is 6.07 Å². The molecule has 1 aliphatic carbocycles. The van der Waals surface area contributed by atoms with Crippen LogP contribution in [0.2, 0.25) is 0 Å². The quantitative estimate of drug-likeness (QED) is 0.444. The first-order valence-electron chi connectivity index (χ1n) is 10.0. The Morgan fingerprint density at radius 3 is 2.20 bits per heavy atom. The third-order valence-electron chi connectivity index (χ3n) is 5.76. The summed E-state index contributed by atoms with van der Waals surface area (Å²) in [7, 11) is 0. The molecular formula is C22H31F2N. The topological polar surface area (TPSA) is 23.8 Å². The molecular weight excluding hydrogens is 316 g/mol. The first-order chi connectivity index (χ1) is 12.1. The number of hydrogen-bond acceptors (Lipinski definition) is 1. The van der Waals surface area contributed by atoms with Crippen LogP contribution in [0.15, 0.2) is 12.1 Å². The number of unbranched alkanes of at least 4 members (excludes halogenated alkanes) is 4. The first kappa shape index (κ1) is 19.9. The second-order valence-electron chi connectivity index (χ2n) is 7.66. The average Bonchev–Trinajstić information content (AvgIpc) is 2.63. The minimum Gasteiger partial charge on any atom is -0.207 e. The Morgan fingerprint density at radius 2 is 1.56 bits per heavy atom. The summed E-state index contributed by atoms with van der Waals surface area (Å²) in [4.78, 5) is 0. The Morgan fingerprint density at radius 1 is 0.920 bits per heavy atom. The number of benzene rings is 1. The molecule has 0 heterocycles. The van der Waals surface area contributed by atoms with E-state index in [0.717, 1.165) is 18.4 Å². The van der Waals surface area contributed by atoms with Gasteiger partial charge in [-0.2, -0.15) is 5.26 Å². The summed E-state index contributed by atoms with van der Waals surface area (Å²) in [5.41, 5.74) is 0.204. The largest absolute Gasteiger partial charge is 0.207 e. The van der Waals surface area contributed by atoms with Crippen LogP contribution in [0.25, 0.3) is 0 Å². The third kappa shape index (κ3) is 6.42. The maximum atomic E-state index is 13.9. The zero-order valence-electron chi connectivity index (χ0n) is 15.5. The summed E-state index contributed by atoms with van der Waals surface area (Å²) >= 11 is 0. The van der Waals surface area contributed by atoms with Gasteiger partial charge in [0.15, 0.2) is 0 Å². The lowest BCUT2D eigenvalue weighted by Crippen LogP contribution is -2.15. The number of aryl methyl sites for hydroxylation is 1. The summed E-state index contributed by atoms with van der Waals surface area (Å²) in [5, 5.41) is 8.74. The second kappa shape index (κ2) is 10.5. The summed E-state index contributed by atoms with van der Waals surface area (Å²) in [6.07, 6.45) is 14.7. The molecule has 1 fully saturated rings. The molecule has 1 saturated carbocycles. The van der Waals surface area contributed by atoms with Crippen molar-refractivity contribution in [2.75, 3.05) is 0 Å². The van der Waals surface area contributed by atoms with Crippen molar-refractivity contribution < 1.29 is 8.78 Å². The monoisotopic (exact) mass is 347 g/mol. The van der Waals surface area contributed by atoms with Gasteiger partial charge in [0.05, 0.1) is 5.56 Å². The predicted octanol–water partition coefficient (Wildman–Crippen LogP) is 6.94. The van der Waals surface area contributed by atoms with Crippen LogP contribution in [0.5, 0.6) is 0 Å². The van der Waals surface area contributed by atoms with Gasteiger partial charge in [-0.05, 0) is 42.4 Å². The molecule has 0 radical (unpaired) electrons. The van der Waals surface area contributed by atoms with E-state index in [9.17, 15) is 8.78 Å². The van der Waals surface area contributed by atoms with Crippen LogP contribution in [0.1, 0.15) is 88.7 Å². The Hall–Kier alpha value is -1.43. The molecule has 138 valence electrons. The molecule has 0 spiro atoms. The molecule has 0 N–H and O–H groups in total. The molecule has 2 rings (SSSR count). The summed E-state index contributed by atoms with van der Waals surface area (Å²) in [6.45, 7) is 2.25. The molecule has 25 heavy (non-hydrogen) atoms. The zero-order chi connectivity index (χ0) is 18.1. The number of nitrogens with zero attached hydrogens (tertiary/aromatic N) is 1. The van der Waals surface area contributed by atoms with Gasteiger partial charge in [0.1, 0.15) is 17.7 Å². The van der Waals surface area contributed by atoms with Gasteiger partial charge in [-0.25, -0.2) is 8.78 Å². The smallest absolute Gasteiger partial charge is 0.141 e. The number of hydrogen-bond donors (Lipinski definition) is 0. The molecule has 0 amide bonds. The van der Waals surface area contributed by atoms with Crippen molar-refractivity contribution in [2.45, 2.75) is 84.0 Å². The molecule has 0 bridgehead atoms. The van der Waals surface area contributed by atoms with E-state index in [0.29, 0.717) is 17.9 Å². The van der Waals surface area contributed by atoms with E-state index in [1.54, 1.807) is 6.07 Å². The molecule has 0 saturated heterocycles. The van der Waals surface area contributed by atoms with Crippen LogP contribution in [0.3, 0.4) is 0 Å². The third-order valence-corrected chi connectivity index (χ3v) is 5.76. The Kier molecular flexibility index (Phi) is 8.38. The summed E-state index contributed by atoms with van der Waals surface area (Å²) in [5.74, 6) is 0.459. The number of nitriles is 1. The van der Waals surface area contributed by atoms with Gasteiger partial charge in [-0.1, -0.05) is 71.1 Å². The van der Waals surface area contributed by atoms with E-state index < -0.39 is 11.6 Å². The highest BCUT2D eigenvalue weighted by Crippen LogP contribution is 2.34. The lowest BCUT2D eigenvalue weighted by molar-refractivity contribution is 0.248. The highest BCUT2D eigenvalue weighted by atomic mass is 19.1. The molecule has 3 heteroatoms. The molecule has 1 aliphatic rings. The van der Waals surface area contributed by atoms with Crippen LogP contribution in [-0.2, 0) is 6.42 Å². The van der Waals surface area contributed by atoms with Crippen LogP contribution >= 0.6 is 0 Å². The maximum Gasteiger partial charge on any atom is 0.141 e. The van der Waals surface area contributed by atoms with Crippen molar-refractivity contribution in [3.63, 3.8) is 0 Å². The molecule has 1 aromatic rings. The average molecular weight is 347 g/mol.